The van der Waals surface area contributed by atoms with Crippen LogP contribution in [0.3, 0.4) is 0 Å². The van der Waals surface area contributed by atoms with Gasteiger partial charge in [-0.05, 0) is 62.6 Å². The van der Waals surface area contributed by atoms with Crippen molar-refractivity contribution in [3.8, 4) is 0 Å². The van der Waals surface area contributed by atoms with Crippen molar-refractivity contribution in [2.24, 2.45) is 5.92 Å². The summed E-state index contributed by atoms with van der Waals surface area (Å²) < 4.78 is 13.2. The van der Waals surface area contributed by atoms with Gasteiger partial charge in [0.2, 0.25) is 5.91 Å². The predicted molar refractivity (Wildman–Crippen MR) is 120 cm³/mol. The fourth-order valence-electron chi connectivity index (χ4n) is 4.55. The van der Waals surface area contributed by atoms with Crippen LogP contribution in [0.15, 0.2) is 48.5 Å². The van der Waals surface area contributed by atoms with Gasteiger partial charge in [0, 0.05) is 50.5 Å². The number of rotatable bonds is 3. The first-order valence-corrected chi connectivity index (χ1v) is 11.2. The van der Waals surface area contributed by atoms with Crippen molar-refractivity contribution in [3.05, 3.63) is 65.5 Å². The minimum Gasteiger partial charge on any atom is -0.370 e. The molecule has 0 aromatic heterocycles. The second-order valence-corrected chi connectivity index (χ2v) is 8.60. The lowest BCUT2D eigenvalue weighted by atomic mass is 9.95. The maximum Gasteiger partial charge on any atom is 0.253 e. The predicted octanol–water partition coefficient (Wildman–Crippen LogP) is 3.73. The van der Waals surface area contributed by atoms with Crippen LogP contribution in [-0.2, 0) is 4.79 Å². The third-order valence-electron chi connectivity index (χ3n) is 6.36. The Morgan fingerprint density at radius 1 is 0.839 bits per heavy atom. The standard InChI is InChI=1S/C25H30FN3O2/c1-19-5-7-20(8-6-19)24(30)29-13-2-4-21(18-29)25(31)28-15-3-14-27(16-17-28)23-11-9-22(26)10-12-23/h5-12,21H,2-4,13-18H2,1H3. The molecule has 2 aliphatic rings. The smallest absolute Gasteiger partial charge is 0.253 e. The number of hydrogen-bond acceptors (Lipinski definition) is 3. The molecule has 6 heteroatoms. The zero-order valence-corrected chi connectivity index (χ0v) is 18.1. The van der Waals surface area contributed by atoms with E-state index in [9.17, 15) is 14.0 Å². The summed E-state index contributed by atoms with van der Waals surface area (Å²) >= 11 is 0. The number of amides is 2. The van der Waals surface area contributed by atoms with E-state index in [-0.39, 0.29) is 23.5 Å². The molecule has 164 valence electrons. The summed E-state index contributed by atoms with van der Waals surface area (Å²) in [5.41, 5.74) is 2.80. The van der Waals surface area contributed by atoms with Crippen LogP contribution in [0.25, 0.3) is 0 Å². The van der Waals surface area contributed by atoms with Crippen LogP contribution < -0.4 is 4.90 Å². The Kier molecular flexibility index (Phi) is 6.54. The van der Waals surface area contributed by atoms with Crippen molar-refractivity contribution < 1.29 is 14.0 Å². The van der Waals surface area contributed by atoms with Crippen molar-refractivity contribution in [2.45, 2.75) is 26.2 Å². The molecule has 2 aromatic carbocycles. The first-order valence-electron chi connectivity index (χ1n) is 11.2. The second-order valence-electron chi connectivity index (χ2n) is 8.60. The second kappa shape index (κ2) is 9.50. The van der Waals surface area contributed by atoms with Crippen molar-refractivity contribution in [2.75, 3.05) is 44.2 Å². The highest BCUT2D eigenvalue weighted by molar-refractivity contribution is 5.94. The van der Waals surface area contributed by atoms with E-state index in [1.54, 1.807) is 12.1 Å². The Labute approximate surface area is 183 Å². The molecule has 0 N–H and O–H groups in total. The number of benzene rings is 2. The maximum atomic E-state index is 13.3. The molecular weight excluding hydrogens is 393 g/mol. The number of halogens is 1. The number of likely N-dealkylation sites (tertiary alicyclic amines) is 1. The molecule has 2 amide bonds. The number of anilines is 1. The molecular formula is C25H30FN3O2. The number of carbonyl (C=O) groups is 2. The Bertz CT molecular complexity index is 913. The summed E-state index contributed by atoms with van der Waals surface area (Å²) in [6, 6.07) is 14.2. The van der Waals surface area contributed by atoms with Crippen molar-refractivity contribution in [1.29, 1.82) is 0 Å². The van der Waals surface area contributed by atoms with E-state index in [4.69, 9.17) is 0 Å². The summed E-state index contributed by atoms with van der Waals surface area (Å²) in [6.07, 6.45) is 2.56. The van der Waals surface area contributed by atoms with Gasteiger partial charge in [0.25, 0.3) is 5.91 Å². The molecule has 2 saturated heterocycles. The minimum atomic E-state index is -0.239. The molecule has 0 aliphatic carbocycles. The van der Waals surface area contributed by atoms with E-state index in [2.05, 4.69) is 4.90 Å². The fraction of sp³-hybridized carbons (Fsp3) is 0.440. The number of carbonyl (C=O) groups excluding carboxylic acids is 2. The molecule has 4 rings (SSSR count). The molecule has 0 radical (unpaired) electrons. The van der Waals surface area contributed by atoms with Gasteiger partial charge in [0.05, 0.1) is 5.92 Å². The van der Waals surface area contributed by atoms with Crippen LogP contribution in [0.4, 0.5) is 10.1 Å². The topological polar surface area (TPSA) is 43.9 Å². The van der Waals surface area contributed by atoms with Gasteiger partial charge in [-0.1, -0.05) is 17.7 Å². The largest absolute Gasteiger partial charge is 0.370 e. The summed E-state index contributed by atoms with van der Waals surface area (Å²) in [7, 11) is 0. The maximum absolute atomic E-state index is 13.3. The zero-order chi connectivity index (χ0) is 21.8. The van der Waals surface area contributed by atoms with Gasteiger partial charge in [0.1, 0.15) is 5.82 Å². The minimum absolute atomic E-state index is 0.0100. The normalized spacial score (nSPS) is 19.8. The summed E-state index contributed by atoms with van der Waals surface area (Å²) in [5.74, 6) is -0.212. The van der Waals surface area contributed by atoms with Gasteiger partial charge in [-0.2, -0.15) is 0 Å². The van der Waals surface area contributed by atoms with E-state index in [0.29, 0.717) is 25.2 Å². The van der Waals surface area contributed by atoms with Crippen LogP contribution in [0, 0.1) is 18.7 Å². The zero-order valence-electron chi connectivity index (χ0n) is 18.1. The molecule has 31 heavy (non-hydrogen) atoms. The average molecular weight is 424 g/mol. The number of nitrogens with zero attached hydrogens (tertiary/aromatic N) is 3. The Morgan fingerprint density at radius 2 is 1.55 bits per heavy atom. The third-order valence-corrected chi connectivity index (χ3v) is 6.36. The highest BCUT2D eigenvalue weighted by atomic mass is 19.1. The summed E-state index contributed by atoms with van der Waals surface area (Å²) in [4.78, 5) is 32.2. The number of piperidine rings is 1. The van der Waals surface area contributed by atoms with Crippen LogP contribution >= 0.6 is 0 Å². The molecule has 5 nitrogen and oxygen atoms in total. The van der Waals surface area contributed by atoms with Crippen molar-refractivity contribution in [3.63, 3.8) is 0 Å². The molecule has 1 unspecified atom stereocenters. The van der Waals surface area contributed by atoms with Gasteiger partial charge < -0.3 is 14.7 Å². The molecule has 2 aromatic rings. The van der Waals surface area contributed by atoms with Crippen LogP contribution in [-0.4, -0.2) is 60.9 Å². The van der Waals surface area contributed by atoms with Gasteiger partial charge in [-0.25, -0.2) is 4.39 Å². The molecule has 0 bridgehead atoms. The number of aryl methyl sites for hydroxylation is 1. The van der Waals surface area contributed by atoms with Crippen LogP contribution in [0.1, 0.15) is 35.2 Å². The first kappa shape index (κ1) is 21.3. The molecule has 2 aliphatic heterocycles. The van der Waals surface area contributed by atoms with Gasteiger partial charge >= 0.3 is 0 Å². The lowest BCUT2D eigenvalue weighted by Gasteiger charge is -2.35. The Balaban J connectivity index is 1.36. The average Bonchev–Trinajstić information content (AvgIpc) is 3.05. The highest BCUT2D eigenvalue weighted by Crippen LogP contribution is 2.23. The van der Waals surface area contributed by atoms with Gasteiger partial charge in [0.15, 0.2) is 0 Å². The van der Waals surface area contributed by atoms with Gasteiger partial charge in [-0.15, -0.1) is 0 Å². The van der Waals surface area contributed by atoms with Crippen LogP contribution in [0.5, 0.6) is 0 Å². The molecule has 0 spiro atoms. The molecule has 2 fully saturated rings. The highest BCUT2D eigenvalue weighted by Gasteiger charge is 2.32. The fourth-order valence-corrected chi connectivity index (χ4v) is 4.55. The third kappa shape index (κ3) is 5.06. The molecule has 2 heterocycles. The van der Waals surface area contributed by atoms with Crippen molar-refractivity contribution in [1.82, 2.24) is 9.80 Å². The van der Waals surface area contributed by atoms with E-state index in [0.717, 1.165) is 50.1 Å². The summed E-state index contributed by atoms with van der Waals surface area (Å²) in [6.45, 7) is 6.15. The van der Waals surface area contributed by atoms with Crippen LogP contribution in [0.2, 0.25) is 0 Å². The van der Waals surface area contributed by atoms with E-state index in [1.807, 2.05) is 41.0 Å². The van der Waals surface area contributed by atoms with E-state index in [1.165, 1.54) is 12.1 Å². The molecule has 1 atom stereocenters. The Morgan fingerprint density at radius 3 is 2.29 bits per heavy atom. The lowest BCUT2D eigenvalue weighted by molar-refractivity contribution is -0.136. The Hall–Kier alpha value is -2.89. The lowest BCUT2D eigenvalue weighted by Crippen LogP contribution is -2.47. The molecule has 0 saturated carbocycles. The monoisotopic (exact) mass is 423 g/mol. The van der Waals surface area contributed by atoms with E-state index >= 15 is 0 Å². The summed E-state index contributed by atoms with van der Waals surface area (Å²) in [5, 5.41) is 0. The first-order chi connectivity index (χ1) is 15.0. The SMILES string of the molecule is Cc1ccc(C(=O)N2CCCC(C(=O)N3CCCN(c4ccc(F)cc4)CC3)C2)cc1. The van der Waals surface area contributed by atoms with Crippen molar-refractivity contribution >= 4 is 17.5 Å². The quantitative estimate of drug-likeness (QED) is 0.756. The van der Waals surface area contributed by atoms with E-state index < -0.39 is 0 Å². The van der Waals surface area contributed by atoms with Gasteiger partial charge in [-0.3, -0.25) is 9.59 Å². The number of hydrogen-bond donors (Lipinski definition) is 0.